The topological polar surface area (TPSA) is 66.4 Å². The summed E-state index contributed by atoms with van der Waals surface area (Å²) in [4.78, 5) is 0. The van der Waals surface area contributed by atoms with E-state index in [1.165, 1.54) is 0 Å². The standard InChI is InChI=1S/C13H13NO3S/c1-18(16,17)14-12-4-2-3-11(9-12)10-5-7-13(15)8-6-10/h2-9,14-15H,1H3. The van der Waals surface area contributed by atoms with E-state index in [2.05, 4.69) is 4.72 Å². The van der Waals surface area contributed by atoms with E-state index in [0.717, 1.165) is 17.4 Å². The van der Waals surface area contributed by atoms with Crippen molar-refractivity contribution in [3.05, 3.63) is 48.5 Å². The Morgan fingerprint density at radius 2 is 1.67 bits per heavy atom. The van der Waals surface area contributed by atoms with Gasteiger partial charge in [-0.2, -0.15) is 0 Å². The van der Waals surface area contributed by atoms with Crippen LogP contribution in [-0.4, -0.2) is 19.8 Å². The zero-order valence-electron chi connectivity index (χ0n) is 9.79. The lowest BCUT2D eigenvalue weighted by Crippen LogP contribution is -2.09. The lowest BCUT2D eigenvalue weighted by Gasteiger charge is -2.07. The summed E-state index contributed by atoms with van der Waals surface area (Å²) >= 11 is 0. The molecule has 0 aliphatic heterocycles. The molecule has 0 bridgehead atoms. The average molecular weight is 263 g/mol. The zero-order chi connectivity index (χ0) is 13.2. The normalized spacial score (nSPS) is 11.2. The maximum Gasteiger partial charge on any atom is 0.229 e. The molecule has 0 atom stereocenters. The lowest BCUT2D eigenvalue weighted by molar-refractivity contribution is 0.475. The average Bonchev–Trinajstić information content (AvgIpc) is 2.28. The summed E-state index contributed by atoms with van der Waals surface area (Å²) in [5.74, 6) is 0.198. The van der Waals surface area contributed by atoms with Gasteiger partial charge in [0.25, 0.3) is 0 Å². The highest BCUT2D eigenvalue weighted by Gasteiger charge is 2.03. The minimum Gasteiger partial charge on any atom is -0.508 e. The van der Waals surface area contributed by atoms with Crippen molar-refractivity contribution in [3.8, 4) is 16.9 Å². The van der Waals surface area contributed by atoms with Crippen LogP contribution in [0.2, 0.25) is 0 Å². The van der Waals surface area contributed by atoms with Crippen LogP contribution in [0.15, 0.2) is 48.5 Å². The first-order valence-electron chi connectivity index (χ1n) is 5.31. The van der Waals surface area contributed by atoms with Gasteiger partial charge in [-0.25, -0.2) is 8.42 Å². The Morgan fingerprint density at radius 1 is 1.00 bits per heavy atom. The molecular formula is C13H13NO3S. The van der Waals surface area contributed by atoms with Crippen molar-refractivity contribution < 1.29 is 13.5 Å². The molecule has 2 rings (SSSR count). The number of anilines is 1. The number of aromatic hydroxyl groups is 1. The lowest BCUT2D eigenvalue weighted by atomic mass is 10.1. The molecule has 4 nitrogen and oxygen atoms in total. The van der Waals surface area contributed by atoms with Gasteiger partial charge in [-0.05, 0) is 35.4 Å². The smallest absolute Gasteiger partial charge is 0.229 e. The molecular weight excluding hydrogens is 250 g/mol. The second kappa shape index (κ2) is 4.70. The number of rotatable bonds is 3. The summed E-state index contributed by atoms with van der Waals surface area (Å²) in [7, 11) is -3.27. The Bertz CT molecular complexity index is 648. The Hall–Kier alpha value is -2.01. The van der Waals surface area contributed by atoms with Crippen molar-refractivity contribution in [1.82, 2.24) is 0 Å². The van der Waals surface area contributed by atoms with Crippen molar-refractivity contribution >= 4 is 15.7 Å². The fourth-order valence-electron chi connectivity index (χ4n) is 1.63. The molecule has 0 spiro atoms. The van der Waals surface area contributed by atoms with E-state index in [9.17, 15) is 13.5 Å². The largest absolute Gasteiger partial charge is 0.508 e. The molecule has 0 amide bonds. The number of hydrogen-bond acceptors (Lipinski definition) is 3. The number of phenolic OH excluding ortho intramolecular Hbond substituents is 1. The maximum absolute atomic E-state index is 11.1. The predicted octanol–water partition coefficient (Wildman–Crippen LogP) is 2.43. The van der Waals surface area contributed by atoms with Crippen LogP contribution in [0, 0.1) is 0 Å². The molecule has 2 aromatic rings. The van der Waals surface area contributed by atoms with Crippen molar-refractivity contribution in [2.75, 3.05) is 11.0 Å². The molecule has 0 heterocycles. The molecule has 0 saturated heterocycles. The minimum absolute atomic E-state index is 0.198. The summed E-state index contributed by atoms with van der Waals surface area (Å²) in [5, 5.41) is 9.22. The third-order valence-electron chi connectivity index (χ3n) is 2.37. The van der Waals surface area contributed by atoms with Crippen LogP contribution >= 0.6 is 0 Å². The van der Waals surface area contributed by atoms with Crippen LogP contribution in [0.3, 0.4) is 0 Å². The highest BCUT2D eigenvalue weighted by atomic mass is 32.2. The van der Waals surface area contributed by atoms with Crippen molar-refractivity contribution in [1.29, 1.82) is 0 Å². The van der Waals surface area contributed by atoms with Gasteiger partial charge < -0.3 is 5.11 Å². The Morgan fingerprint density at radius 3 is 2.28 bits per heavy atom. The molecule has 0 fully saturated rings. The van der Waals surface area contributed by atoms with Crippen molar-refractivity contribution in [2.45, 2.75) is 0 Å². The van der Waals surface area contributed by atoms with Gasteiger partial charge in [0.1, 0.15) is 5.75 Å². The summed E-state index contributed by atoms with van der Waals surface area (Å²) in [6.45, 7) is 0. The summed E-state index contributed by atoms with van der Waals surface area (Å²) in [5.41, 5.74) is 2.30. The highest BCUT2D eigenvalue weighted by molar-refractivity contribution is 7.92. The molecule has 0 aliphatic rings. The molecule has 2 aromatic carbocycles. The van der Waals surface area contributed by atoms with Gasteiger partial charge in [0.15, 0.2) is 0 Å². The summed E-state index contributed by atoms with van der Waals surface area (Å²) in [6.07, 6.45) is 1.11. The molecule has 18 heavy (non-hydrogen) atoms. The van der Waals surface area contributed by atoms with Crippen LogP contribution in [0.4, 0.5) is 5.69 Å². The third kappa shape index (κ3) is 3.24. The van der Waals surface area contributed by atoms with Crippen LogP contribution in [-0.2, 0) is 10.0 Å². The molecule has 0 unspecified atom stereocenters. The first-order valence-corrected chi connectivity index (χ1v) is 7.20. The Kier molecular flexibility index (Phi) is 3.25. The molecule has 2 N–H and O–H groups in total. The van der Waals surface area contributed by atoms with Gasteiger partial charge in [-0.3, -0.25) is 4.72 Å². The van der Waals surface area contributed by atoms with Crippen LogP contribution < -0.4 is 4.72 Å². The second-order valence-corrected chi connectivity index (χ2v) is 5.75. The first kappa shape index (κ1) is 12.4. The molecule has 0 aliphatic carbocycles. The zero-order valence-corrected chi connectivity index (χ0v) is 10.6. The van der Waals surface area contributed by atoms with Gasteiger partial charge in [0, 0.05) is 5.69 Å². The quantitative estimate of drug-likeness (QED) is 0.893. The SMILES string of the molecule is CS(=O)(=O)Nc1cccc(-c2ccc(O)cc2)c1. The molecule has 94 valence electrons. The number of nitrogens with one attached hydrogen (secondary N) is 1. The van der Waals surface area contributed by atoms with Crippen molar-refractivity contribution in [3.63, 3.8) is 0 Å². The van der Waals surface area contributed by atoms with Gasteiger partial charge in [0.2, 0.25) is 10.0 Å². The predicted molar refractivity (Wildman–Crippen MR) is 72.0 cm³/mol. The van der Waals surface area contributed by atoms with E-state index in [1.807, 2.05) is 6.07 Å². The molecule has 0 saturated carbocycles. The minimum atomic E-state index is -3.27. The highest BCUT2D eigenvalue weighted by Crippen LogP contribution is 2.24. The summed E-state index contributed by atoms with van der Waals surface area (Å²) < 4.78 is 24.7. The first-order chi connectivity index (χ1) is 8.44. The number of phenols is 1. The number of sulfonamides is 1. The van der Waals surface area contributed by atoms with E-state index >= 15 is 0 Å². The van der Waals surface area contributed by atoms with E-state index in [-0.39, 0.29) is 5.75 Å². The van der Waals surface area contributed by atoms with Crippen molar-refractivity contribution in [2.24, 2.45) is 0 Å². The summed E-state index contributed by atoms with van der Waals surface area (Å²) in [6, 6.07) is 13.8. The Labute approximate surface area is 106 Å². The maximum atomic E-state index is 11.1. The van der Waals surface area contributed by atoms with E-state index in [1.54, 1.807) is 42.5 Å². The van der Waals surface area contributed by atoms with Gasteiger partial charge in [-0.15, -0.1) is 0 Å². The van der Waals surface area contributed by atoms with E-state index < -0.39 is 10.0 Å². The third-order valence-corrected chi connectivity index (χ3v) is 2.97. The fourth-order valence-corrected chi connectivity index (χ4v) is 2.19. The van der Waals surface area contributed by atoms with Crippen LogP contribution in [0.1, 0.15) is 0 Å². The number of benzene rings is 2. The van der Waals surface area contributed by atoms with E-state index in [4.69, 9.17) is 0 Å². The van der Waals surface area contributed by atoms with Gasteiger partial charge in [-0.1, -0.05) is 24.3 Å². The number of hydrogen-bond donors (Lipinski definition) is 2. The van der Waals surface area contributed by atoms with Gasteiger partial charge in [0.05, 0.1) is 6.26 Å². The van der Waals surface area contributed by atoms with E-state index in [0.29, 0.717) is 5.69 Å². The van der Waals surface area contributed by atoms with Crippen LogP contribution in [0.5, 0.6) is 5.75 Å². The fraction of sp³-hybridized carbons (Fsp3) is 0.0769. The molecule has 5 heteroatoms. The van der Waals surface area contributed by atoms with Gasteiger partial charge >= 0.3 is 0 Å². The molecule has 0 aromatic heterocycles. The monoisotopic (exact) mass is 263 g/mol. The Balaban J connectivity index is 2.35. The molecule has 0 radical (unpaired) electrons. The second-order valence-electron chi connectivity index (χ2n) is 4.00. The van der Waals surface area contributed by atoms with Crippen LogP contribution in [0.25, 0.3) is 11.1 Å².